The minimum Gasteiger partial charge on any atom is -0.508 e. The van der Waals surface area contributed by atoms with E-state index in [0.717, 1.165) is 39.1 Å². The highest BCUT2D eigenvalue weighted by molar-refractivity contribution is 5.95. The Bertz CT molecular complexity index is 1270. The van der Waals surface area contributed by atoms with Gasteiger partial charge >= 0.3 is 0 Å². The maximum absolute atomic E-state index is 10.5. The normalized spacial score (nSPS) is 15.4. The molecule has 2 aliphatic heterocycles. The van der Waals surface area contributed by atoms with E-state index in [2.05, 4.69) is 6.08 Å². The van der Waals surface area contributed by atoms with Gasteiger partial charge in [-0.15, -0.1) is 0 Å². The van der Waals surface area contributed by atoms with Crippen LogP contribution in [0.2, 0.25) is 0 Å². The average Bonchev–Trinajstić information content (AvgIpc) is 3.09. The molecule has 0 saturated heterocycles. The molecule has 2 aromatic carbocycles. The van der Waals surface area contributed by atoms with E-state index in [1.165, 1.54) is 5.57 Å². The Labute approximate surface area is 181 Å². The topological polar surface area (TPSA) is 61.1 Å². The molecule has 5 heteroatoms. The third kappa shape index (κ3) is 3.07. The summed E-state index contributed by atoms with van der Waals surface area (Å²) in [6.45, 7) is 8.48. The number of hydrogen-bond acceptors (Lipinski definition) is 5. The first-order valence-corrected chi connectivity index (χ1v) is 10.4. The summed E-state index contributed by atoms with van der Waals surface area (Å²) in [5.74, 6) is 3.01. The summed E-state index contributed by atoms with van der Waals surface area (Å²) >= 11 is 0. The Kier molecular flexibility index (Phi) is 4.33. The quantitative estimate of drug-likeness (QED) is 0.499. The van der Waals surface area contributed by atoms with Gasteiger partial charge in [0.25, 0.3) is 0 Å². The van der Waals surface area contributed by atoms with Gasteiger partial charge in [-0.25, -0.2) is 0 Å². The molecule has 0 amide bonds. The molecule has 3 heterocycles. The lowest BCUT2D eigenvalue weighted by atomic mass is 9.95. The summed E-state index contributed by atoms with van der Waals surface area (Å²) in [4.78, 5) is 0. The van der Waals surface area contributed by atoms with Crippen LogP contribution in [-0.2, 0) is 13.0 Å². The number of furan rings is 1. The third-order valence-corrected chi connectivity index (χ3v) is 5.83. The summed E-state index contributed by atoms with van der Waals surface area (Å²) in [6.07, 6.45) is 6.73. The molecule has 1 aromatic heterocycles. The molecule has 0 spiro atoms. The van der Waals surface area contributed by atoms with Crippen LogP contribution in [0.4, 0.5) is 0 Å². The molecule has 2 aliphatic rings. The van der Waals surface area contributed by atoms with E-state index >= 15 is 0 Å². The molecule has 160 valence electrons. The number of methoxy groups -OCH3 is 1. The van der Waals surface area contributed by atoms with Crippen molar-refractivity contribution in [2.75, 3.05) is 7.11 Å². The Morgan fingerprint density at radius 1 is 1.23 bits per heavy atom. The number of allylic oxidation sites excluding steroid dienone is 2. The van der Waals surface area contributed by atoms with Crippen LogP contribution in [0.25, 0.3) is 28.4 Å². The first-order valence-electron chi connectivity index (χ1n) is 10.4. The lowest BCUT2D eigenvalue weighted by Gasteiger charge is -2.30. The molecule has 0 unspecified atom stereocenters. The molecule has 0 aliphatic carbocycles. The molecule has 0 bridgehead atoms. The van der Waals surface area contributed by atoms with E-state index in [4.69, 9.17) is 18.6 Å². The number of benzene rings is 2. The van der Waals surface area contributed by atoms with Crippen molar-refractivity contribution in [1.29, 1.82) is 0 Å². The first-order chi connectivity index (χ1) is 14.8. The van der Waals surface area contributed by atoms with E-state index in [1.54, 1.807) is 13.2 Å². The molecule has 0 saturated carbocycles. The zero-order chi connectivity index (χ0) is 21.9. The Morgan fingerprint density at radius 2 is 2.03 bits per heavy atom. The summed E-state index contributed by atoms with van der Waals surface area (Å²) in [7, 11) is 1.65. The zero-order valence-corrected chi connectivity index (χ0v) is 18.5. The van der Waals surface area contributed by atoms with Crippen LogP contribution < -0.4 is 14.2 Å². The van der Waals surface area contributed by atoms with Crippen LogP contribution >= 0.6 is 0 Å². The second-order valence-electron chi connectivity index (χ2n) is 8.86. The van der Waals surface area contributed by atoms with Gasteiger partial charge in [0.2, 0.25) is 0 Å². The SMILES string of the molecule is COc1c2c(cc3c1-c1oc4c(CC=C(C)C)c(O)ccc4c1CO3)OC(C)(C)C=C2. The molecule has 0 radical (unpaired) electrons. The van der Waals surface area contributed by atoms with Crippen LogP contribution in [0, 0.1) is 0 Å². The van der Waals surface area contributed by atoms with E-state index in [9.17, 15) is 5.11 Å². The smallest absolute Gasteiger partial charge is 0.149 e. The number of aromatic hydroxyl groups is 1. The first kappa shape index (κ1) is 19.6. The minimum atomic E-state index is -0.400. The van der Waals surface area contributed by atoms with Gasteiger partial charge in [-0.3, -0.25) is 0 Å². The third-order valence-electron chi connectivity index (χ3n) is 5.83. The minimum absolute atomic E-state index is 0.230. The monoisotopic (exact) mass is 418 g/mol. The standard InChI is InChI=1S/C26H26O5/c1-14(2)6-7-16-19(27)9-8-15-18-13-29-21-12-20-17(10-11-26(3,4)31-20)24(28-5)22(21)25(18)30-23(15)16/h6,8-12,27H,7,13H2,1-5H3. The van der Waals surface area contributed by atoms with E-state index in [0.29, 0.717) is 30.1 Å². The molecule has 31 heavy (non-hydrogen) atoms. The highest BCUT2D eigenvalue weighted by atomic mass is 16.5. The van der Waals surface area contributed by atoms with Crippen LogP contribution in [0.5, 0.6) is 23.0 Å². The summed E-state index contributed by atoms with van der Waals surface area (Å²) in [5, 5.41) is 11.5. The Morgan fingerprint density at radius 3 is 2.77 bits per heavy atom. The number of ether oxygens (including phenoxy) is 3. The summed E-state index contributed by atoms with van der Waals surface area (Å²) in [6, 6.07) is 5.53. The van der Waals surface area contributed by atoms with Crippen LogP contribution in [0.1, 0.15) is 44.4 Å². The van der Waals surface area contributed by atoms with Crippen molar-refractivity contribution in [3.8, 4) is 34.3 Å². The van der Waals surface area contributed by atoms with Crippen molar-refractivity contribution in [1.82, 2.24) is 0 Å². The summed E-state index contributed by atoms with van der Waals surface area (Å²) in [5.41, 5.74) is 4.85. The number of phenols is 1. The number of fused-ring (bicyclic) bond motifs is 6. The largest absolute Gasteiger partial charge is 0.508 e. The molecular formula is C26H26O5. The molecule has 5 rings (SSSR count). The number of hydrogen-bond donors (Lipinski definition) is 1. The van der Waals surface area contributed by atoms with Gasteiger partial charge in [0.15, 0.2) is 0 Å². The Hall–Kier alpha value is -3.34. The van der Waals surface area contributed by atoms with Crippen LogP contribution in [0.3, 0.4) is 0 Å². The van der Waals surface area contributed by atoms with Crippen molar-refractivity contribution < 1.29 is 23.7 Å². The fourth-order valence-corrected chi connectivity index (χ4v) is 4.27. The number of rotatable bonds is 3. The molecule has 1 N–H and O–H groups in total. The van der Waals surface area contributed by atoms with Crippen molar-refractivity contribution in [3.05, 3.63) is 52.6 Å². The molecule has 0 atom stereocenters. The molecule has 0 fully saturated rings. The van der Waals surface area contributed by atoms with Gasteiger partial charge in [-0.05, 0) is 58.4 Å². The van der Waals surface area contributed by atoms with Gasteiger partial charge in [-0.2, -0.15) is 0 Å². The van der Waals surface area contributed by atoms with Crippen molar-refractivity contribution in [3.63, 3.8) is 0 Å². The van der Waals surface area contributed by atoms with E-state index < -0.39 is 5.60 Å². The second kappa shape index (κ2) is 6.84. The van der Waals surface area contributed by atoms with Gasteiger partial charge in [0.1, 0.15) is 52.1 Å². The van der Waals surface area contributed by atoms with Gasteiger partial charge in [0, 0.05) is 22.6 Å². The highest BCUT2D eigenvalue weighted by Crippen LogP contribution is 2.53. The van der Waals surface area contributed by atoms with E-state index in [-0.39, 0.29) is 5.75 Å². The predicted octanol–water partition coefficient (Wildman–Crippen LogP) is 6.40. The molecule has 5 nitrogen and oxygen atoms in total. The predicted molar refractivity (Wildman–Crippen MR) is 121 cm³/mol. The van der Waals surface area contributed by atoms with Gasteiger partial charge in [-0.1, -0.05) is 11.6 Å². The number of phenolic OH excluding ortho intramolecular Hbond substituents is 1. The maximum Gasteiger partial charge on any atom is 0.149 e. The van der Waals surface area contributed by atoms with Crippen LogP contribution in [-0.4, -0.2) is 17.8 Å². The Balaban J connectivity index is 1.76. The molecular weight excluding hydrogens is 392 g/mol. The highest BCUT2D eigenvalue weighted by Gasteiger charge is 2.34. The lowest BCUT2D eigenvalue weighted by molar-refractivity contribution is 0.157. The maximum atomic E-state index is 10.5. The zero-order valence-electron chi connectivity index (χ0n) is 18.5. The van der Waals surface area contributed by atoms with E-state index in [1.807, 2.05) is 52.0 Å². The van der Waals surface area contributed by atoms with Crippen molar-refractivity contribution >= 4 is 17.0 Å². The molecule has 3 aromatic rings. The lowest BCUT2D eigenvalue weighted by Crippen LogP contribution is -2.27. The van der Waals surface area contributed by atoms with Gasteiger partial charge in [0.05, 0.1) is 12.7 Å². The van der Waals surface area contributed by atoms with Crippen molar-refractivity contribution in [2.45, 2.75) is 46.3 Å². The second-order valence-corrected chi connectivity index (χ2v) is 8.86. The average molecular weight is 418 g/mol. The van der Waals surface area contributed by atoms with Crippen LogP contribution in [0.15, 0.2) is 40.3 Å². The fraction of sp³-hybridized carbons (Fsp3) is 0.308. The van der Waals surface area contributed by atoms with Crippen molar-refractivity contribution in [2.24, 2.45) is 0 Å². The fourth-order valence-electron chi connectivity index (χ4n) is 4.27. The van der Waals surface area contributed by atoms with Gasteiger partial charge < -0.3 is 23.7 Å². The summed E-state index contributed by atoms with van der Waals surface area (Å²) < 4.78 is 24.5.